The van der Waals surface area contributed by atoms with Crippen LogP contribution in [-0.2, 0) is 21.2 Å². The van der Waals surface area contributed by atoms with Gasteiger partial charge in [-0.15, -0.1) is 0 Å². The number of non-ortho nitro benzene ring substituents is 1. The summed E-state index contributed by atoms with van der Waals surface area (Å²) in [7, 11) is -3.56. The third kappa shape index (κ3) is 6.40. The maximum atomic E-state index is 12.5. The quantitative estimate of drug-likeness (QED) is 0.229. The zero-order chi connectivity index (χ0) is 22.4. The lowest BCUT2D eigenvalue weighted by atomic mass is 9.84. The predicted octanol–water partition coefficient (Wildman–Crippen LogP) is 3.80. The molecule has 2 bridgehead atoms. The molecule has 2 fully saturated rings. The summed E-state index contributed by atoms with van der Waals surface area (Å²) < 4.78 is 27.6. The molecule has 0 aliphatic heterocycles. The first-order chi connectivity index (χ1) is 14.7. The number of hydrogen-bond donors (Lipinski definition) is 2. The average molecular weight is 449 g/mol. The second-order valence-corrected chi connectivity index (χ2v) is 10.1. The largest absolute Gasteiger partial charge is 0.481 e. The number of nitrogens with one attached hydrogen (secondary N) is 1. The molecule has 3 rings (SSSR count). The molecule has 0 aromatic heterocycles. The van der Waals surface area contributed by atoms with E-state index in [1.54, 1.807) is 18.3 Å². The van der Waals surface area contributed by atoms with E-state index in [0.717, 1.165) is 24.8 Å². The van der Waals surface area contributed by atoms with E-state index in [1.807, 2.05) is 6.08 Å². The van der Waals surface area contributed by atoms with E-state index in [0.29, 0.717) is 30.2 Å². The number of fused-ring (bicyclic) bond motifs is 2. The number of benzene rings is 1. The Morgan fingerprint density at radius 1 is 1.32 bits per heavy atom. The topological polar surface area (TPSA) is 127 Å². The van der Waals surface area contributed by atoms with Gasteiger partial charge in [0.1, 0.15) is 0 Å². The van der Waals surface area contributed by atoms with Crippen LogP contribution in [0.5, 0.6) is 0 Å². The SMILES string of the molecule is O=C(O)CCCC=CC1C(=CNS(=O)(=O)CCc2cccc([N+](=O)[O-])c2)C2CCC1C2. The molecule has 0 radical (unpaired) electrons. The number of carboxylic acids is 1. The first-order valence-corrected chi connectivity index (χ1v) is 12.2. The van der Waals surface area contributed by atoms with E-state index in [2.05, 4.69) is 10.8 Å². The fourth-order valence-corrected chi connectivity index (χ4v) is 5.52. The standard InChI is InChI=1S/C22H28N2O6S/c25-22(26)8-3-1-2-7-20-17-9-10-18(14-17)21(20)15-23-31(29,30)12-11-16-5-4-6-19(13-16)24(27)28/h2,4-7,13,15,17-18,20,23H,1,3,8-12,14H2,(H,25,26). The van der Waals surface area contributed by atoms with Gasteiger partial charge in [0.2, 0.25) is 10.0 Å². The van der Waals surface area contributed by atoms with Crippen molar-refractivity contribution in [3.05, 3.63) is 63.9 Å². The summed E-state index contributed by atoms with van der Waals surface area (Å²) in [6.45, 7) is 0. The zero-order valence-electron chi connectivity index (χ0n) is 17.3. The van der Waals surface area contributed by atoms with Crippen LogP contribution in [0.1, 0.15) is 44.1 Å². The minimum absolute atomic E-state index is 0.0510. The lowest BCUT2D eigenvalue weighted by Crippen LogP contribution is -2.24. The number of aliphatic carboxylic acids is 1. The summed E-state index contributed by atoms with van der Waals surface area (Å²) in [6, 6.07) is 6.01. The number of carbonyl (C=O) groups is 1. The molecule has 3 unspecified atom stereocenters. The minimum atomic E-state index is -3.56. The third-order valence-corrected chi connectivity index (χ3v) is 7.35. The number of aryl methyl sites for hydroxylation is 1. The van der Waals surface area contributed by atoms with Gasteiger partial charge in [-0.05, 0) is 61.5 Å². The van der Waals surface area contributed by atoms with Crippen molar-refractivity contribution < 1.29 is 23.2 Å². The first-order valence-electron chi connectivity index (χ1n) is 10.6. The maximum Gasteiger partial charge on any atom is 0.303 e. The molecule has 3 atom stereocenters. The monoisotopic (exact) mass is 448 g/mol. The summed E-state index contributed by atoms with van der Waals surface area (Å²) in [5.41, 5.74) is 1.66. The van der Waals surface area contributed by atoms with Gasteiger partial charge in [0.05, 0.1) is 10.7 Å². The molecular formula is C22H28N2O6S. The number of nitro groups is 1. The third-order valence-electron chi connectivity index (χ3n) is 6.13. The summed E-state index contributed by atoms with van der Waals surface area (Å²) in [5.74, 6) is 0.151. The number of rotatable bonds is 11. The van der Waals surface area contributed by atoms with E-state index in [4.69, 9.17) is 5.11 Å². The number of carboxylic acid groups (broad SMARTS) is 1. The Morgan fingerprint density at radius 3 is 2.87 bits per heavy atom. The van der Waals surface area contributed by atoms with Crippen molar-refractivity contribution in [2.24, 2.45) is 17.8 Å². The highest BCUT2D eigenvalue weighted by atomic mass is 32.2. The zero-order valence-corrected chi connectivity index (χ0v) is 18.1. The summed E-state index contributed by atoms with van der Waals surface area (Å²) in [4.78, 5) is 21.0. The second kappa shape index (κ2) is 10.1. The molecule has 31 heavy (non-hydrogen) atoms. The van der Waals surface area contributed by atoms with Crippen LogP contribution < -0.4 is 4.72 Å². The van der Waals surface area contributed by atoms with Crippen LogP contribution in [0.2, 0.25) is 0 Å². The highest BCUT2D eigenvalue weighted by molar-refractivity contribution is 7.89. The number of sulfonamides is 1. The predicted molar refractivity (Wildman–Crippen MR) is 117 cm³/mol. The molecule has 0 saturated heterocycles. The van der Waals surface area contributed by atoms with E-state index in [1.165, 1.54) is 12.1 Å². The molecule has 2 aliphatic carbocycles. The van der Waals surface area contributed by atoms with Gasteiger partial charge in [0.25, 0.3) is 5.69 Å². The number of nitrogens with zero attached hydrogens (tertiary/aromatic N) is 1. The van der Waals surface area contributed by atoms with E-state index in [-0.39, 0.29) is 30.2 Å². The van der Waals surface area contributed by atoms with Gasteiger partial charge in [0, 0.05) is 30.7 Å². The van der Waals surface area contributed by atoms with Crippen molar-refractivity contribution in [3.63, 3.8) is 0 Å². The van der Waals surface area contributed by atoms with Gasteiger partial charge in [-0.1, -0.05) is 24.3 Å². The highest BCUT2D eigenvalue weighted by Crippen LogP contribution is 2.52. The van der Waals surface area contributed by atoms with Crippen molar-refractivity contribution in [3.8, 4) is 0 Å². The summed E-state index contributed by atoms with van der Waals surface area (Å²) in [5, 5.41) is 19.6. The Balaban J connectivity index is 1.59. The fraction of sp³-hybridized carbons (Fsp3) is 0.500. The van der Waals surface area contributed by atoms with E-state index < -0.39 is 20.9 Å². The van der Waals surface area contributed by atoms with Crippen LogP contribution in [0, 0.1) is 27.9 Å². The van der Waals surface area contributed by atoms with Gasteiger partial charge in [-0.2, -0.15) is 0 Å². The molecule has 0 heterocycles. The highest BCUT2D eigenvalue weighted by Gasteiger charge is 2.42. The molecule has 2 saturated carbocycles. The molecule has 2 N–H and O–H groups in total. The summed E-state index contributed by atoms with van der Waals surface area (Å²) >= 11 is 0. The van der Waals surface area contributed by atoms with Crippen molar-refractivity contribution in [2.75, 3.05) is 5.75 Å². The number of hydrogen-bond acceptors (Lipinski definition) is 5. The lowest BCUT2D eigenvalue weighted by Gasteiger charge is -2.22. The Kier molecular flexibility index (Phi) is 7.48. The molecule has 168 valence electrons. The van der Waals surface area contributed by atoms with E-state index in [9.17, 15) is 23.3 Å². The number of allylic oxidation sites excluding steroid dienone is 3. The normalized spacial score (nSPS) is 24.1. The van der Waals surface area contributed by atoms with Crippen LogP contribution in [0.25, 0.3) is 0 Å². The number of unbranched alkanes of at least 4 members (excludes halogenated alkanes) is 1. The van der Waals surface area contributed by atoms with Crippen LogP contribution in [0.3, 0.4) is 0 Å². The smallest absolute Gasteiger partial charge is 0.303 e. The Morgan fingerprint density at radius 2 is 2.13 bits per heavy atom. The molecule has 9 heteroatoms. The van der Waals surface area contributed by atoms with Gasteiger partial charge < -0.3 is 5.11 Å². The van der Waals surface area contributed by atoms with Crippen molar-refractivity contribution in [1.82, 2.24) is 4.72 Å². The van der Waals surface area contributed by atoms with Gasteiger partial charge in [-0.3, -0.25) is 19.6 Å². The average Bonchev–Trinajstić information content (AvgIpc) is 3.32. The number of nitro benzene ring substituents is 1. The molecule has 2 aliphatic rings. The van der Waals surface area contributed by atoms with E-state index >= 15 is 0 Å². The van der Waals surface area contributed by atoms with Crippen molar-refractivity contribution in [1.29, 1.82) is 0 Å². The Hall–Kier alpha value is -2.68. The van der Waals surface area contributed by atoms with Crippen LogP contribution in [0.15, 0.2) is 48.2 Å². The molecule has 0 spiro atoms. The lowest BCUT2D eigenvalue weighted by molar-refractivity contribution is -0.384. The van der Waals surface area contributed by atoms with Gasteiger partial charge in [0.15, 0.2) is 0 Å². The molecular weight excluding hydrogens is 420 g/mol. The molecule has 8 nitrogen and oxygen atoms in total. The van der Waals surface area contributed by atoms with Crippen LogP contribution in [-0.4, -0.2) is 30.2 Å². The van der Waals surface area contributed by atoms with Crippen LogP contribution in [0.4, 0.5) is 5.69 Å². The molecule has 1 aromatic carbocycles. The second-order valence-electron chi connectivity index (χ2n) is 8.27. The van der Waals surface area contributed by atoms with Gasteiger partial charge >= 0.3 is 5.97 Å². The summed E-state index contributed by atoms with van der Waals surface area (Å²) in [6.07, 6.45) is 10.6. The minimum Gasteiger partial charge on any atom is -0.481 e. The molecule has 1 aromatic rings. The maximum absolute atomic E-state index is 12.5. The Bertz CT molecular complexity index is 985. The Labute approximate surface area is 182 Å². The van der Waals surface area contributed by atoms with Crippen molar-refractivity contribution >= 4 is 21.7 Å². The van der Waals surface area contributed by atoms with Crippen molar-refractivity contribution in [2.45, 2.75) is 44.9 Å². The first kappa shape index (κ1) is 23.0. The van der Waals surface area contributed by atoms with Gasteiger partial charge in [-0.25, -0.2) is 8.42 Å². The molecule has 0 amide bonds. The fourth-order valence-electron chi connectivity index (χ4n) is 4.58. The van der Waals surface area contributed by atoms with Crippen LogP contribution >= 0.6 is 0 Å².